The van der Waals surface area contributed by atoms with Gasteiger partial charge in [0.05, 0.1) is 5.02 Å². The van der Waals surface area contributed by atoms with Crippen molar-refractivity contribution >= 4 is 29.3 Å². The molecule has 0 unspecified atom stereocenters. The molecular formula is C12H9ClN6S. The summed E-state index contributed by atoms with van der Waals surface area (Å²) in [5, 5.41) is 5.17. The monoisotopic (exact) mass is 304 g/mol. The van der Waals surface area contributed by atoms with Crippen LogP contribution < -0.4 is 5.73 Å². The van der Waals surface area contributed by atoms with Gasteiger partial charge in [0.2, 0.25) is 5.95 Å². The molecule has 0 atom stereocenters. The lowest BCUT2D eigenvalue weighted by Crippen LogP contribution is -2.07. The van der Waals surface area contributed by atoms with E-state index in [-0.39, 0.29) is 5.95 Å². The molecule has 1 aromatic carbocycles. The molecule has 2 aromatic heterocycles. The number of rotatable bonds is 3. The summed E-state index contributed by atoms with van der Waals surface area (Å²) in [5.74, 6) is 0.511. The lowest BCUT2D eigenvalue weighted by atomic mass is 10.4. The Morgan fingerprint density at radius 3 is 2.70 bits per heavy atom. The molecule has 0 bridgehead atoms. The number of halogens is 1. The van der Waals surface area contributed by atoms with Crippen LogP contribution in [0.1, 0.15) is 0 Å². The standard InChI is InChI=1S/C12H9ClN6S/c13-8-4-1-2-5-9(8)20-12-17-10(14)16-11(18-12)19-7-3-6-15-19/h1-7H,(H2,14,16,17,18). The summed E-state index contributed by atoms with van der Waals surface area (Å²) < 4.78 is 1.52. The van der Waals surface area contributed by atoms with Crippen LogP contribution in [0.25, 0.3) is 5.95 Å². The van der Waals surface area contributed by atoms with Crippen LogP contribution >= 0.6 is 23.4 Å². The van der Waals surface area contributed by atoms with Crippen LogP contribution in [0, 0.1) is 0 Å². The second-order valence-electron chi connectivity index (χ2n) is 3.76. The zero-order valence-electron chi connectivity index (χ0n) is 10.1. The van der Waals surface area contributed by atoms with Crippen molar-refractivity contribution in [2.24, 2.45) is 0 Å². The number of hydrogen-bond donors (Lipinski definition) is 1. The molecule has 20 heavy (non-hydrogen) atoms. The van der Waals surface area contributed by atoms with Crippen molar-refractivity contribution in [2.75, 3.05) is 5.73 Å². The zero-order chi connectivity index (χ0) is 13.9. The lowest BCUT2D eigenvalue weighted by molar-refractivity contribution is 0.764. The van der Waals surface area contributed by atoms with Crippen LogP contribution in [-0.4, -0.2) is 24.7 Å². The Labute approximate surface area is 124 Å². The maximum Gasteiger partial charge on any atom is 0.256 e. The summed E-state index contributed by atoms with van der Waals surface area (Å²) in [7, 11) is 0. The Hall–Kier alpha value is -2.12. The molecule has 0 spiro atoms. The van der Waals surface area contributed by atoms with Crippen molar-refractivity contribution in [1.29, 1.82) is 0 Å². The fourth-order valence-corrected chi connectivity index (χ4v) is 2.55. The average molecular weight is 305 g/mol. The maximum absolute atomic E-state index is 6.11. The second-order valence-corrected chi connectivity index (χ2v) is 5.18. The van der Waals surface area contributed by atoms with E-state index in [1.807, 2.05) is 24.3 Å². The van der Waals surface area contributed by atoms with E-state index < -0.39 is 0 Å². The van der Waals surface area contributed by atoms with E-state index in [9.17, 15) is 0 Å². The van der Waals surface area contributed by atoms with Crippen LogP contribution in [0.3, 0.4) is 0 Å². The highest BCUT2D eigenvalue weighted by Gasteiger charge is 2.09. The van der Waals surface area contributed by atoms with Gasteiger partial charge in [0.25, 0.3) is 5.95 Å². The van der Waals surface area contributed by atoms with Gasteiger partial charge in [-0.1, -0.05) is 23.7 Å². The highest BCUT2D eigenvalue weighted by atomic mass is 35.5. The van der Waals surface area contributed by atoms with Gasteiger partial charge in [0.15, 0.2) is 5.16 Å². The summed E-state index contributed by atoms with van der Waals surface area (Å²) in [6, 6.07) is 9.24. The normalized spacial score (nSPS) is 10.7. The third kappa shape index (κ3) is 2.73. The maximum atomic E-state index is 6.11. The highest BCUT2D eigenvalue weighted by Crippen LogP contribution is 2.31. The number of nitrogens with zero attached hydrogens (tertiary/aromatic N) is 5. The summed E-state index contributed by atoms with van der Waals surface area (Å²) in [4.78, 5) is 13.3. The molecule has 0 fully saturated rings. The van der Waals surface area contributed by atoms with Gasteiger partial charge in [-0.15, -0.1) is 0 Å². The Kier molecular flexibility index (Phi) is 3.53. The fourth-order valence-electron chi connectivity index (χ4n) is 1.52. The third-order valence-electron chi connectivity index (χ3n) is 2.37. The Morgan fingerprint density at radius 2 is 1.95 bits per heavy atom. The van der Waals surface area contributed by atoms with Gasteiger partial charge < -0.3 is 5.73 Å². The predicted molar refractivity (Wildman–Crippen MR) is 76.9 cm³/mol. The molecule has 2 heterocycles. The summed E-state index contributed by atoms with van der Waals surface area (Å²) in [6.07, 6.45) is 3.37. The summed E-state index contributed by atoms with van der Waals surface area (Å²) in [5.41, 5.74) is 5.71. The number of hydrogen-bond acceptors (Lipinski definition) is 6. The molecule has 0 aliphatic carbocycles. The molecular weight excluding hydrogens is 296 g/mol. The Balaban J connectivity index is 1.97. The number of nitrogen functional groups attached to an aromatic ring is 1. The van der Waals surface area contributed by atoms with E-state index in [2.05, 4.69) is 20.1 Å². The second kappa shape index (κ2) is 5.48. The topological polar surface area (TPSA) is 82.5 Å². The summed E-state index contributed by atoms with van der Waals surface area (Å²) >= 11 is 7.44. The molecule has 2 N–H and O–H groups in total. The van der Waals surface area contributed by atoms with Gasteiger partial charge in [0.1, 0.15) is 0 Å². The SMILES string of the molecule is Nc1nc(Sc2ccccc2Cl)nc(-n2cccn2)n1. The minimum atomic E-state index is 0.139. The first-order chi connectivity index (χ1) is 9.72. The molecule has 0 aliphatic heterocycles. The first-order valence-electron chi connectivity index (χ1n) is 5.66. The van der Waals surface area contributed by atoms with Crippen LogP contribution in [0.5, 0.6) is 0 Å². The molecule has 0 amide bonds. The van der Waals surface area contributed by atoms with E-state index in [1.165, 1.54) is 16.4 Å². The largest absolute Gasteiger partial charge is 0.368 e. The average Bonchev–Trinajstić information content (AvgIpc) is 2.95. The van der Waals surface area contributed by atoms with Crippen molar-refractivity contribution in [3.05, 3.63) is 47.7 Å². The van der Waals surface area contributed by atoms with Crippen LogP contribution in [0.2, 0.25) is 5.02 Å². The van der Waals surface area contributed by atoms with Crippen molar-refractivity contribution in [3.63, 3.8) is 0 Å². The molecule has 0 radical (unpaired) electrons. The third-order valence-corrected chi connectivity index (χ3v) is 3.75. The van der Waals surface area contributed by atoms with Crippen molar-refractivity contribution < 1.29 is 0 Å². The molecule has 100 valence electrons. The quantitative estimate of drug-likeness (QED) is 0.800. The van der Waals surface area contributed by atoms with Crippen LogP contribution in [0.15, 0.2) is 52.8 Å². The van der Waals surface area contributed by atoms with E-state index in [0.717, 1.165) is 4.90 Å². The Morgan fingerprint density at radius 1 is 1.10 bits per heavy atom. The van der Waals surface area contributed by atoms with E-state index >= 15 is 0 Å². The number of nitrogens with two attached hydrogens (primary N) is 1. The first-order valence-corrected chi connectivity index (χ1v) is 6.86. The number of benzene rings is 1. The minimum absolute atomic E-state index is 0.139. The first kappa shape index (κ1) is 12.9. The van der Waals surface area contributed by atoms with Crippen LogP contribution in [0.4, 0.5) is 5.95 Å². The minimum Gasteiger partial charge on any atom is -0.368 e. The van der Waals surface area contributed by atoms with Gasteiger partial charge >= 0.3 is 0 Å². The molecule has 0 saturated heterocycles. The van der Waals surface area contributed by atoms with E-state index in [4.69, 9.17) is 17.3 Å². The number of aromatic nitrogens is 5. The van der Waals surface area contributed by atoms with Gasteiger partial charge in [-0.05, 0) is 30.0 Å². The number of anilines is 1. The van der Waals surface area contributed by atoms with Gasteiger partial charge in [-0.2, -0.15) is 20.1 Å². The molecule has 6 nitrogen and oxygen atoms in total. The summed E-state index contributed by atoms with van der Waals surface area (Å²) in [6.45, 7) is 0. The molecule has 3 rings (SSSR count). The van der Waals surface area contributed by atoms with Gasteiger partial charge in [-0.25, -0.2) is 4.68 Å². The highest BCUT2D eigenvalue weighted by molar-refractivity contribution is 7.99. The fraction of sp³-hybridized carbons (Fsp3) is 0. The predicted octanol–water partition coefficient (Wildman–Crippen LogP) is 2.44. The van der Waals surface area contributed by atoms with Gasteiger partial charge in [0, 0.05) is 17.3 Å². The molecule has 8 heteroatoms. The van der Waals surface area contributed by atoms with E-state index in [0.29, 0.717) is 16.1 Å². The molecule has 0 aliphatic rings. The molecule has 3 aromatic rings. The van der Waals surface area contributed by atoms with Crippen molar-refractivity contribution in [1.82, 2.24) is 24.7 Å². The van der Waals surface area contributed by atoms with Crippen molar-refractivity contribution in [2.45, 2.75) is 10.1 Å². The zero-order valence-corrected chi connectivity index (χ0v) is 11.7. The van der Waals surface area contributed by atoms with E-state index in [1.54, 1.807) is 18.5 Å². The van der Waals surface area contributed by atoms with Crippen molar-refractivity contribution in [3.8, 4) is 5.95 Å². The molecule has 0 saturated carbocycles. The van der Waals surface area contributed by atoms with Crippen LogP contribution in [-0.2, 0) is 0 Å². The lowest BCUT2D eigenvalue weighted by Gasteiger charge is -2.05. The Bertz CT molecular complexity index is 731. The smallest absolute Gasteiger partial charge is 0.256 e. The van der Waals surface area contributed by atoms with Gasteiger partial charge in [-0.3, -0.25) is 0 Å².